The van der Waals surface area contributed by atoms with E-state index in [-0.39, 0.29) is 37.8 Å². The lowest BCUT2D eigenvalue weighted by atomic mass is 9.83. The molecule has 1 fully saturated rings. The molecule has 0 aromatic carbocycles. The van der Waals surface area contributed by atoms with Crippen LogP contribution in [0.2, 0.25) is 0 Å². The van der Waals surface area contributed by atoms with Crippen LogP contribution in [0.15, 0.2) is 30.0 Å². The first-order valence-corrected chi connectivity index (χ1v) is 8.55. The number of rotatable bonds is 5. The third kappa shape index (κ3) is 2.86. The number of ether oxygens (including phenoxy) is 2. The van der Waals surface area contributed by atoms with Crippen molar-refractivity contribution in [3.05, 3.63) is 35.7 Å². The maximum Gasteiger partial charge on any atom is 0.323 e. The molecule has 0 aliphatic heterocycles. The molecular weight excluding hydrogens is 322 g/mol. The van der Waals surface area contributed by atoms with E-state index in [4.69, 9.17) is 9.47 Å². The Kier molecular flexibility index (Phi) is 4.70. The van der Waals surface area contributed by atoms with Gasteiger partial charge in [0.15, 0.2) is 11.2 Å². The first-order valence-electron chi connectivity index (χ1n) is 8.55. The molecule has 1 aromatic heterocycles. The Bertz CT molecular complexity index is 719. The molecule has 1 unspecified atom stereocenters. The number of nitrogens with zero attached hydrogens (tertiary/aromatic N) is 1. The van der Waals surface area contributed by atoms with E-state index in [1.165, 1.54) is 0 Å². The van der Waals surface area contributed by atoms with Gasteiger partial charge in [-0.15, -0.1) is 0 Å². The number of hydrogen-bond donors (Lipinski definition) is 0. The molecule has 0 bridgehead atoms. The maximum atomic E-state index is 12.6. The van der Waals surface area contributed by atoms with Gasteiger partial charge in [-0.2, -0.15) is 0 Å². The summed E-state index contributed by atoms with van der Waals surface area (Å²) in [5, 5.41) is 0. The molecule has 132 valence electrons. The van der Waals surface area contributed by atoms with Crippen molar-refractivity contribution in [3.63, 3.8) is 0 Å². The van der Waals surface area contributed by atoms with E-state index in [1.54, 1.807) is 32.2 Å². The topological polar surface area (TPSA) is 82.6 Å². The summed E-state index contributed by atoms with van der Waals surface area (Å²) in [5.74, 6) is -1.26. The smallest absolute Gasteiger partial charge is 0.323 e. The SMILES string of the molecule is CCOC(=O)C1(C(=O)OCC)CC2=C(c3ccccn3)C(=O)CC2C1. The van der Waals surface area contributed by atoms with Crippen molar-refractivity contribution < 1.29 is 23.9 Å². The van der Waals surface area contributed by atoms with Crippen LogP contribution in [0.5, 0.6) is 0 Å². The van der Waals surface area contributed by atoms with Gasteiger partial charge in [0, 0.05) is 18.2 Å². The van der Waals surface area contributed by atoms with E-state index in [9.17, 15) is 14.4 Å². The van der Waals surface area contributed by atoms with Crippen molar-refractivity contribution in [3.8, 4) is 0 Å². The van der Waals surface area contributed by atoms with Crippen molar-refractivity contribution in [1.29, 1.82) is 0 Å². The Balaban J connectivity index is 2.03. The maximum absolute atomic E-state index is 12.6. The fourth-order valence-electron chi connectivity index (χ4n) is 3.83. The highest BCUT2D eigenvalue weighted by Crippen LogP contribution is 2.54. The molecule has 1 aromatic rings. The first-order chi connectivity index (χ1) is 12.0. The molecule has 1 heterocycles. The molecule has 1 atom stereocenters. The number of allylic oxidation sites excluding steroid dienone is 2. The molecule has 0 saturated heterocycles. The van der Waals surface area contributed by atoms with Crippen LogP contribution in [0, 0.1) is 11.3 Å². The lowest BCUT2D eigenvalue weighted by Crippen LogP contribution is -2.40. The molecule has 2 aliphatic rings. The normalized spacial score (nSPS) is 21.2. The Hall–Kier alpha value is -2.50. The fraction of sp³-hybridized carbons (Fsp3) is 0.474. The number of fused-ring (bicyclic) bond motifs is 1. The number of aromatic nitrogens is 1. The van der Waals surface area contributed by atoms with Gasteiger partial charge >= 0.3 is 11.9 Å². The van der Waals surface area contributed by atoms with Crippen LogP contribution in [0.1, 0.15) is 38.8 Å². The van der Waals surface area contributed by atoms with Crippen molar-refractivity contribution in [2.24, 2.45) is 11.3 Å². The summed E-state index contributed by atoms with van der Waals surface area (Å²) in [6.45, 7) is 3.79. The minimum atomic E-state index is -1.35. The minimum absolute atomic E-state index is 0.0139. The molecular formula is C19H21NO5. The molecule has 1 saturated carbocycles. The Morgan fingerprint density at radius 3 is 2.44 bits per heavy atom. The third-order valence-corrected chi connectivity index (χ3v) is 4.87. The summed E-state index contributed by atoms with van der Waals surface area (Å²) in [6.07, 6.45) is 2.33. The van der Waals surface area contributed by atoms with Crippen LogP contribution >= 0.6 is 0 Å². The average Bonchev–Trinajstić information content (AvgIpc) is 3.10. The van der Waals surface area contributed by atoms with Gasteiger partial charge in [-0.1, -0.05) is 11.6 Å². The second-order valence-corrected chi connectivity index (χ2v) is 6.34. The van der Waals surface area contributed by atoms with Crippen LogP contribution < -0.4 is 0 Å². The molecule has 0 N–H and O–H groups in total. The van der Waals surface area contributed by atoms with Crippen molar-refractivity contribution >= 4 is 23.3 Å². The molecule has 2 aliphatic carbocycles. The third-order valence-electron chi connectivity index (χ3n) is 4.87. The molecule has 3 rings (SSSR count). The van der Waals surface area contributed by atoms with Crippen molar-refractivity contribution in [2.45, 2.75) is 33.1 Å². The highest BCUT2D eigenvalue weighted by molar-refractivity contribution is 6.24. The van der Waals surface area contributed by atoms with Crippen LogP contribution in [-0.2, 0) is 23.9 Å². The second kappa shape index (κ2) is 6.78. The molecule has 6 heteroatoms. The van der Waals surface area contributed by atoms with Gasteiger partial charge < -0.3 is 9.47 Å². The molecule has 0 amide bonds. The number of carbonyl (C=O) groups is 3. The zero-order chi connectivity index (χ0) is 18.0. The largest absolute Gasteiger partial charge is 0.465 e. The van der Waals surface area contributed by atoms with Gasteiger partial charge in [0.25, 0.3) is 0 Å². The van der Waals surface area contributed by atoms with E-state index >= 15 is 0 Å². The summed E-state index contributed by atoms with van der Waals surface area (Å²) in [6, 6.07) is 5.37. The van der Waals surface area contributed by atoms with Crippen LogP contribution in [0.3, 0.4) is 0 Å². The average molecular weight is 343 g/mol. The molecule has 6 nitrogen and oxygen atoms in total. The zero-order valence-corrected chi connectivity index (χ0v) is 14.4. The Morgan fingerprint density at radius 2 is 1.88 bits per heavy atom. The lowest BCUT2D eigenvalue weighted by molar-refractivity contribution is -0.171. The number of hydrogen-bond acceptors (Lipinski definition) is 6. The number of esters is 2. The summed E-state index contributed by atoms with van der Waals surface area (Å²) < 4.78 is 10.3. The lowest BCUT2D eigenvalue weighted by Gasteiger charge is -2.24. The van der Waals surface area contributed by atoms with Crippen LogP contribution in [-0.4, -0.2) is 35.9 Å². The van der Waals surface area contributed by atoms with E-state index in [0.717, 1.165) is 5.57 Å². The number of carbonyl (C=O) groups excluding carboxylic acids is 3. The van der Waals surface area contributed by atoms with Crippen molar-refractivity contribution in [2.75, 3.05) is 13.2 Å². The van der Waals surface area contributed by atoms with E-state index in [1.807, 2.05) is 6.07 Å². The van der Waals surface area contributed by atoms with Crippen molar-refractivity contribution in [1.82, 2.24) is 4.98 Å². The van der Waals surface area contributed by atoms with Gasteiger partial charge in [0.05, 0.1) is 18.9 Å². The number of pyridine rings is 1. The predicted molar refractivity (Wildman–Crippen MR) is 89.2 cm³/mol. The highest BCUT2D eigenvalue weighted by Gasteiger charge is 2.58. The monoisotopic (exact) mass is 343 g/mol. The predicted octanol–water partition coefficient (Wildman–Crippen LogP) is 2.33. The van der Waals surface area contributed by atoms with E-state index in [2.05, 4.69) is 4.98 Å². The summed E-state index contributed by atoms with van der Waals surface area (Å²) in [7, 11) is 0. The van der Waals surface area contributed by atoms with Gasteiger partial charge in [0.2, 0.25) is 0 Å². The zero-order valence-electron chi connectivity index (χ0n) is 14.4. The second-order valence-electron chi connectivity index (χ2n) is 6.34. The summed E-state index contributed by atoms with van der Waals surface area (Å²) in [5.41, 5.74) is 0.603. The summed E-state index contributed by atoms with van der Waals surface area (Å²) >= 11 is 0. The number of Topliss-reactive ketones (excluding diaryl/α,β-unsaturated/α-hetero) is 1. The fourth-order valence-corrected chi connectivity index (χ4v) is 3.83. The van der Waals surface area contributed by atoms with Crippen LogP contribution in [0.4, 0.5) is 0 Å². The Labute approximate surface area is 146 Å². The quantitative estimate of drug-likeness (QED) is 0.603. The van der Waals surface area contributed by atoms with Crippen LogP contribution in [0.25, 0.3) is 5.57 Å². The van der Waals surface area contributed by atoms with E-state index in [0.29, 0.717) is 17.7 Å². The molecule has 0 radical (unpaired) electrons. The minimum Gasteiger partial charge on any atom is -0.465 e. The molecule has 0 spiro atoms. The number of ketones is 1. The van der Waals surface area contributed by atoms with Gasteiger partial charge in [-0.05, 0) is 44.7 Å². The first kappa shape index (κ1) is 17.3. The van der Waals surface area contributed by atoms with E-state index < -0.39 is 17.4 Å². The molecule has 25 heavy (non-hydrogen) atoms. The van der Waals surface area contributed by atoms with Gasteiger partial charge in [-0.25, -0.2) is 0 Å². The highest BCUT2D eigenvalue weighted by atomic mass is 16.6. The standard InChI is InChI=1S/C19H21NO5/c1-3-24-17(22)19(18(23)25-4-2)10-12-9-15(21)16(13(12)11-19)14-7-5-6-8-20-14/h5-8,12H,3-4,9-11H2,1-2H3. The van der Waals surface area contributed by atoms with Gasteiger partial charge in [0.1, 0.15) is 0 Å². The van der Waals surface area contributed by atoms with Gasteiger partial charge in [-0.3, -0.25) is 19.4 Å². The summed E-state index contributed by atoms with van der Waals surface area (Å²) in [4.78, 5) is 41.9. The Morgan fingerprint density at radius 1 is 1.20 bits per heavy atom.